The van der Waals surface area contributed by atoms with Crippen LogP contribution in [0.25, 0.3) is 0 Å². The normalized spacial score (nSPS) is 18.3. The third-order valence-corrected chi connectivity index (χ3v) is 15.3. The zero-order chi connectivity index (χ0) is 35.0. The first-order valence-corrected chi connectivity index (χ1v) is 20.8. The molecule has 1 saturated heterocycles. The number of benzene rings is 1. The van der Waals surface area contributed by atoms with Gasteiger partial charge in [0, 0.05) is 6.42 Å². The molecule has 48 heavy (non-hydrogen) atoms. The van der Waals surface area contributed by atoms with Crippen LogP contribution < -0.4 is 10.6 Å². The number of aromatic nitrogens is 1. The van der Waals surface area contributed by atoms with Crippen LogP contribution in [-0.2, 0) is 30.3 Å². The summed E-state index contributed by atoms with van der Waals surface area (Å²) in [6.07, 6.45) is 3.60. The number of nitrogens with one attached hydrogen (secondary N) is 2. The molecule has 264 valence electrons. The number of hydrogen-bond acceptors (Lipinski definition) is 10. The van der Waals surface area contributed by atoms with Crippen molar-refractivity contribution in [1.29, 1.82) is 0 Å². The fourth-order valence-corrected chi connectivity index (χ4v) is 11.6. The number of ether oxygens (including phenoxy) is 2. The van der Waals surface area contributed by atoms with Crippen molar-refractivity contribution in [3.63, 3.8) is 0 Å². The molecule has 3 unspecified atom stereocenters. The molecule has 14 heteroatoms. The van der Waals surface area contributed by atoms with Crippen molar-refractivity contribution in [2.24, 2.45) is 11.8 Å². The van der Waals surface area contributed by atoms with Crippen LogP contribution in [0.1, 0.15) is 80.0 Å². The number of nitrogens with zero attached hydrogens (tertiary/aromatic N) is 3. The van der Waals surface area contributed by atoms with Gasteiger partial charge in [0.05, 0.1) is 7.11 Å². The molecule has 2 aliphatic rings. The van der Waals surface area contributed by atoms with E-state index in [1.165, 1.54) is 25.4 Å². The fourth-order valence-electron chi connectivity index (χ4n) is 5.85. The summed E-state index contributed by atoms with van der Waals surface area (Å²) in [5, 5.41) is 7.84. The predicted molar refractivity (Wildman–Crippen MR) is 192 cm³/mol. The van der Waals surface area contributed by atoms with Crippen molar-refractivity contribution in [3.05, 3.63) is 52.0 Å². The van der Waals surface area contributed by atoms with Crippen LogP contribution in [0, 0.1) is 11.8 Å². The first kappa shape index (κ1) is 37.7. The standard InChI is InChI=1S/C34H48IN5O7S/c1-21(2)27(40(5)32(43)29(24-14-15-24)38-34(45)35-16-10-11-17-39(35)4)19-28(47-22(3)41)31-37-26(20-48-31)30(42)36-25(33(44)46-6)18-23-12-8-7-9-13-23/h7-9,12-13,20-21,24-25,27-29H,10-11,14-19H2,1-6H3,(H,36,42)(H,38,45)/t25-,27?,28?,29?/m0/s1. The maximum atomic E-state index is 14.0. The molecule has 1 aromatic carbocycles. The summed E-state index contributed by atoms with van der Waals surface area (Å²) in [6.45, 7) is 6.22. The molecular weight excluding hydrogens is 749 g/mol. The summed E-state index contributed by atoms with van der Waals surface area (Å²) < 4.78 is 13.8. The number of carbonyl (C=O) groups is 5. The van der Waals surface area contributed by atoms with Gasteiger partial charge < -0.3 is 10.1 Å². The Hall–Kier alpha value is -3.11. The van der Waals surface area contributed by atoms with Crippen LogP contribution in [0.5, 0.6) is 0 Å². The fraction of sp³-hybridized carbons (Fsp3) is 0.588. The van der Waals surface area contributed by atoms with Crippen LogP contribution in [0.15, 0.2) is 35.7 Å². The van der Waals surface area contributed by atoms with E-state index in [4.69, 9.17) is 9.47 Å². The van der Waals surface area contributed by atoms with Crippen LogP contribution in [0.2, 0.25) is 0 Å². The summed E-state index contributed by atoms with van der Waals surface area (Å²) in [7, 11) is 5.02. The number of halogens is 1. The number of carbonyl (C=O) groups excluding carboxylic acids is 5. The van der Waals surface area contributed by atoms with Gasteiger partial charge in [0.15, 0.2) is 0 Å². The number of esters is 2. The molecule has 1 aromatic heterocycles. The molecule has 0 spiro atoms. The third kappa shape index (κ3) is 10.2. The van der Waals surface area contributed by atoms with Gasteiger partial charge in [-0.2, -0.15) is 0 Å². The summed E-state index contributed by atoms with van der Waals surface area (Å²) in [5.74, 6) is -1.71. The minimum absolute atomic E-state index is 0.0193. The molecule has 0 bridgehead atoms. The van der Waals surface area contributed by atoms with E-state index in [2.05, 4.69) is 18.7 Å². The van der Waals surface area contributed by atoms with Crippen LogP contribution >= 0.6 is 31.4 Å². The zero-order valence-corrected chi connectivity index (χ0v) is 31.5. The minimum atomic E-state index is -2.04. The molecule has 2 aromatic rings. The van der Waals surface area contributed by atoms with Gasteiger partial charge in [-0.25, -0.2) is 4.79 Å². The van der Waals surface area contributed by atoms with E-state index in [0.717, 1.165) is 42.2 Å². The Balaban J connectivity index is 1.48. The molecule has 4 rings (SSSR count). The third-order valence-electron chi connectivity index (χ3n) is 8.69. The van der Waals surface area contributed by atoms with Gasteiger partial charge in [0.2, 0.25) is 0 Å². The Bertz CT molecular complexity index is 1440. The van der Waals surface area contributed by atoms with Gasteiger partial charge in [-0.15, -0.1) is 0 Å². The number of alkyl halides is 1. The second kappa shape index (κ2) is 17.5. The maximum absolute atomic E-state index is 14.0. The van der Waals surface area contributed by atoms with E-state index in [-0.39, 0.29) is 46.2 Å². The van der Waals surface area contributed by atoms with Crippen LogP contribution in [0.4, 0.5) is 4.79 Å². The molecule has 2 heterocycles. The molecule has 2 N–H and O–H groups in total. The van der Waals surface area contributed by atoms with Gasteiger partial charge in [-0.1, -0.05) is 30.3 Å². The molecule has 1 aliphatic carbocycles. The summed E-state index contributed by atoms with van der Waals surface area (Å²) in [5.41, 5.74) is 0.932. The van der Waals surface area contributed by atoms with Crippen molar-refractivity contribution < 1.29 is 33.4 Å². The second-order valence-corrected chi connectivity index (χ2v) is 19.2. The Kier molecular flexibility index (Phi) is 13.8. The van der Waals surface area contributed by atoms with E-state index in [1.54, 1.807) is 17.3 Å². The summed E-state index contributed by atoms with van der Waals surface area (Å²) in [4.78, 5) is 71.6. The van der Waals surface area contributed by atoms with Crippen molar-refractivity contribution in [2.75, 3.05) is 32.2 Å². The van der Waals surface area contributed by atoms with Crippen molar-refractivity contribution in [1.82, 2.24) is 23.6 Å². The summed E-state index contributed by atoms with van der Waals surface area (Å²) >= 11 is -0.870. The topological polar surface area (TPSA) is 147 Å². The quantitative estimate of drug-likeness (QED) is 0.0650. The molecule has 3 amide bonds. The van der Waals surface area contributed by atoms with Crippen molar-refractivity contribution in [2.45, 2.75) is 83.5 Å². The number of rotatable bonds is 15. The predicted octanol–water partition coefficient (Wildman–Crippen LogP) is 4.77. The average Bonchev–Trinajstić information content (AvgIpc) is 3.79. The average molecular weight is 798 g/mol. The van der Waals surface area contributed by atoms with Gasteiger partial charge in [0.1, 0.15) is 6.04 Å². The van der Waals surface area contributed by atoms with Crippen molar-refractivity contribution >= 4 is 59.1 Å². The molecule has 0 radical (unpaired) electrons. The number of methoxy groups -OCH3 is 1. The second-order valence-electron chi connectivity index (χ2n) is 12.7. The SMILES string of the molecule is COC(=O)[C@H](Cc1ccccc1)NC(=O)c1csc(C(CC(C(C)C)N(C)C(=O)C(NC(=O)I2CCCCN2C)C2CC2)OC(C)=O)n1. The molecule has 1 aliphatic heterocycles. The van der Waals surface area contributed by atoms with E-state index in [0.29, 0.717) is 5.01 Å². The number of amides is 3. The Morgan fingerprint density at radius 2 is 1.81 bits per heavy atom. The number of thiazole rings is 1. The Morgan fingerprint density at radius 1 is 1.10 bits per heavy atom. The van der Waals surface area contributed by atoms with E-state index >= 15 is 0 Å². The molecular formula is C34H48IN5O7S. The van der Waals surface area contributed by atoms with Crippen LogP contribution in [0.3, 0.4) is 0 Å². The Labute approximate surface area is 294 Å². The van der Waals surface area contributed by atoms with Gasteiger partial charge >= 0.3 is 221 Å². The Morgan fingerprint density at radius 3 is 2.42 bits per heavy atom. The number of likely N-dealkylation sites (N-methyl/N-ethyl adjacent to an activating group) is 1. The van der Waals surface area contributed by atoms with E-state index < -0.39 is 56.1 Å². The van der Waals surface area contributed by atoms with E-state index in [9.17, 15) is 24.0 Å². The monoisotopic (exact) mass is 797 g/mol. The molecule has 1 saturated carbocycles. The number of hydrogen-bond donors (Lipinski definition) is 2. The molecule has 4 atom stereocenters. The first-order valence-electron chi connectivity index (χ1n) is 16.4. The molecule has 12 nitrogen and oxygen atoms in total. The van der Waals surface area contributed by atoms with Gasteiger partial charge in [-0.3, -0.25) is 4.79 Å². The van der Waals surface area contributed by atoms with Crippen LogP contribution in [-0.4, -0.2) is 91.0 Å². The van der Waals surface area contributed by atoms with Crippen molar-refractivity contribution in [3.8, 4) is 0 Å². The van der Waals surface area contributed by atoms with Gasteiger partial charge in [-0.05, 0) is 5.56 Å². The summed E-state index contributed by atoms with van der Waals surface area (Å²) in [6, 6.07) is 7.42. The first-order chi connectivity index (χ1) is 22.9. The van der Waals surface area contributed by atoms with E-state index in [1.807, 2.05) is 51.2 Å². The van der Waals surface area contributed by atoms with Gasteiger partial charge in [0.25, 0.3) is 0 Å². The zero-order valence-electron chi connectivity index (χ0n) is 28.6. The molecule has 2 fully saturated rings.